The molecular weight excluding hydrogens is 476 g/mol. The highest BCUT2D eigenvalue weighted by Crippen LogP contribution is 2.43. The molecule has 0 saturated heterocycles. The molecule has 0 aliphatic heterocycles. The molecule has 0 amide bonds. The van der Waals surface area contributed by atoms with Crippen molar-refractivity contribution in [3.05, 3.63) is 56.6 Å². The van der Waals surface area contributed by atoms with E-state index in [2.05, 4.69) is 0 Å². The van der Waals surface area contributed by atoms with E-state index < -0.39 is 33.7 Å². The molecule has 0 saturated carbocycles. The highest BCUT2D eigenvalue weighted by Gasteiger charge is 2.37. The molecular formula is C29H40O8. The van der Waals surface area contributed by atoms with Crippen molar-refractivity contribution in [2.75, 3.05) is 0 Å². The van der Waals surface area contributed by atoms with Crippen molar-refractivity contribution in [1.29, 1.82) is 0 Å². The lowest BCUT2D eigenvalue weighted by Crippen LogP contribution is -2.31. The first-order chi connectivity index (χ1) is 17.4. The zero-order valence-corrected chi connectivity index (χ0v) is 22.4. The molecule has 2 aromatic rings. The maximum Gasteiger partial charge on any atom is 0.230 e. The number of carbonyl (C=O) groups excluding carboxylic acids is 2. The molecule has 0 atom stereocenters. The fourth-order valence-corrected chi connectivity index (χ4v) is 4.76. The first-order valence-corrected chi connectivity index (χ1v) is 13.0. The molecule has 2 rings (SSSR count). The molecule has 2 heterocycles. The second kappa shape index (κ2) is 13.4. The van der Waals surface area contributed by atoms with Crippen LogP contribution in [-0.4, -0.2) is 22.3 Å². The van der Waals surface area contributed by atoms with E-state index in [1.165, 1.54) is 12.5 Å². The van der Waals surface area contributed by atoms with Crippen LogP contribution in [0.3, 0.4) is 0 Å². The van der Waals surface area contributed by atoms with E-state index >= 15 is 0 Å². The molecule has 8 nitrogen and oxygen atoms in total. The molecule has 0 radical (unpaired) electrons. The molecule has 0 aromatic carbocycles. The summed E-state index contributed by atoms with van der Waals surface area (Å²) in [5.74, 6) is -1.82. The van der Waals surface area contributed by atoms with E-state index in [1.807, 2.05) is 27.7 Å². The molecule has 8 heteroatoms. The van der Waals surface area contributed by atoms with E-state index in [4.69, 9.17) is 8.83 Å². The SMILES string of the molecule is CC(C)(C=O)CCCCCCCC(=O)CCCC(C)(C)C(c1cocc(O)c1=O)c1cocc(O)c1=O. The number of rotatable bonds is 16. The van der Waals surface area contributed by atoms with Crippen LogP contribution in [-0.2, 0) is 9.59 Å². The number of hydrogen-bond acceptors (Lipinski definition) is 8. The Kier molecular flexibility index (Phi) is 10.9. The Morgan fingerprint density at radius 1 is 0.784 bits per heavy atom. The number of hydrogen-bond donors (Lipinski definition) is 2. The summed E-state index contributed by atoms with van der Waals surface area (Å²) < 4.78 is 10.2. The van der Waals surface area contributed by atoms with Crippen molar-refractivity contribution in [3.63, 3.8) is 0 Å². The summed E-state index contributed by atoms with van der Waals surface area (Å²) in [6.45, 7) is 7.61. The van der Waals surface area contributed by atoms with Gasteiger partial charge in [-0.25, -0.2) is 0 Å². The predicted octanol–water partition coefficient (Wildman–Crippen LogP) is 5.86. The van der Waals surface area contributed by atoms with Gasteiger partial charge in [0.2, 0.25) is 10.9 Å². The third kappa shape index (κ3) is 8.72. The van der Waals surface area contributed by atoms with Gasteiger partial charge in [-0.2, -0.15) is 0 Å². The van der Waals surface area contributed by atoms with Crippen LogP contribution in [0.5, 0.6) is 11.5 Å². The van der Waals surface area contributed by atoms with Crippen LogP contribution in [0.1, 0.15) is 109 Å². The van der Waals surface area contributed by atoms with Crippen molar-refractivity contribution in [2.45, 2.75) is 97.8 Å². The number of aldehydes is 1. The Labute approximate surface area is 217 Å². The standard InChI is InChI=1S/C29H40O8/c1-28(2,19-30)13-9-7-5-6-8-11-20(31)12-10-14-29(3,4)25(21-15-36-17-23(32)26(21)34)22-16-37-18-24(33)27(22)35/h15-19,25,32-33H,5-14H2,1-4H3. The lowest BCUT2D eigenvalue weighted by atomic mass is 9.69. The fourth-order valence-electron chi connectivity index (χ4n) is 4.76. The van der Waals surface area contributed by atoms with Crippen LogP contribution in [0, 0.1) is 10.8 Å². The average Bonchev–Trinajstić information content (AvgIpc) is 2.83. The van der Waals surface area contributed by atoms with Gasteiger partial charge in [-0.1, -0.05) is 53.4 Å². The molecule has 2 aromatic heterocycles. The fraction of sp³-hybridized carbons (Fsp3) is 0.586. The maximum atomic E-state index is 12.7. The molecule has 37 heavy (non-hydrogen) atoms. The summed E-state index contributed by atoms with van der Waals surface area (Å²) in [5, 5.41) is 19.8. The van der Waals surface area contributed by atoms with E-state index in [-0.39, 0.29) is 22.3 Å². The highest BCUT2D eigenvalue weighted by atomic mass is 16.3. The Balaban J connectivity index is 1.96. The molecule has 204 valence electrons. The van der Waals surface area contributed by atoms with Crippen molar-refractivity contribution in [1.82, 2.24) is 0 Å². The van der Waals surface area contributed by atoms with E-state index in [0.717, 1.165) is 57.3 Å². The van der Waals surface area contributed by atoms with E-state index in [9.17, 15) is 29.4 Å². The third-order valence-electron chi connectivity index (χ3n) is 7.01. The summed E-state index contributed by atoms with van der Waals surface area (Å²) >= 11 is 0. The molecule has 0 aliphatic carbocycles. The van der Waals surface area contributed by atoms with Gasteiger partial charge in [0.1, 0.15) is 24.6 Å². The minimum absolute atomic E-state index is 0.0748. The number of ketones is 1. The van der Waals surface area contributed by atoms with E-state index in [0.29, 0.717) is 25.7 Å². The van der Waals surface area contributed by atoms with Crippen molar-refractivity contribution < 1.29 is 28.6 Å². The predicted molar refractivity (Wildman–Crippen MR) is 140 cm³/mol. The second-order valence-electron chi connectivity index (χ2n) is 11.3. The molecule has 2 N–H and O–H groups in total. The van der Waals surface area contributed by atoms with Crippen LogP contribution in [0.2, 0.25) is 0 Å². The lowest BCUT2D eigenvalue weighted by molar-refractivity contribution is -0.119. The van der Waals surface area contributed by atoms with Crippen molar-refractivity contribution in [2.24, 2.45) is 10.8 Å². The molecule has 0 fully saturated rings. The summed E-state index contributed by atoms with van der Waals surface area (Å²) in [6, 6.07) is 0. The number of unbranched alkanes of at least 4 members (excludes halogenated alkanes) is 4. The number of Topliss-reactive ketones (excluding diaryl/α,β-unsaturated/α-hetero) is 1. The van der Waals surface area contributed by atoms with Gasteiger partial charge in [-0.15, -0.1) is 0 Å². The van der Waals surface area contributed by atoms with Crippen LogP contribution < -0.4 is 10.9 Å². The Morgan fingerprint density at radius 3 is 1.81 bits per heavy atom. The van der Waals surface area contributed by atoms with Crippen molar-refractivity contribution >= 4 is 12.1 Å². The summed E-state index contributed by atoms with van der Waals surface area (Å²) in [7, 11) is 0. The Morgan fingerprint density at radius 2 is 1.27 bits per heavy atom. The Bertz CT molecular complexity index is 1100. The summed E-state index contributed by atoms with van der Waals surface area (Å²) in [4.78, 5) is 48.8. The van der Waals surface area contributed by atoms with Gasteiger partial charge in [-0.05, 0) is 31.1 Å². The number of carbonyl (C=O) groups is 2. The first-order valence-electron chi connectivity index (χ1n) is 13.0. The van der Waals surface area contributed by atoms with Gasteiger partial charge in [0, 0.05) is 35.3 Å². The minimum Gasteiger partial charge on any atom is -0.502 e. The molecule has 0 aliphatic rings. The Hall–Kier alpha value is -3.16. The van der Waals surface area contributed by atoms with Crippen LogP contribution >= 0.6 is 0 Å². The molecule has 0 unspecified atom stereocenters. The minimum atomic E-state index is -0.835. The van der Waals surface area contributed by atoms with Crippen molar-refractivity contribution in [3.8, 4) is 11.5 Å². The second-order valence-corrected chi connectivity index (χ2v) is 11.3. The van der Waals surface area contributed by atoms with Gasteiger partial charge in [0.15, 0.2) is 11.5 Å². The highest BCUT2D eigenvalue weighted by molar-refractivity contribution is 5.78. The summed E-state index contributed by atoms with van der Waals surface area (Å²) in [6.07, 6.45) is 13.0. The van der Waals surface area contributed by atoms with Gasteiger partial charge in [0.05, 0.1) is 12.5 Å². The normalized spacial score (nSPS) is 12.1. The van der Waals surface area contributed by atoms with Crippen LogP contribution in [0.25, 0.3) is 0 Å². The monoisotopic (exact) mass is 516 g/mol. The largest absolute Gasteiger partial charge is 0.502 e. The quantitative estimate of drug-likeness (QED) is 0.209. The molecule has 0 bridgehead atoms. The topological polar surface area (TPSA) is 135 Å². The number of aromatic hydroxyl groups is 2. The maximum absolute atomic E-state index is 12.7. The lowest BCUT2D eigenvalue weighted by Gasteiger charge is -2.34. The third-order valence-corrected chi connectivity index (χ3v) is 7.01. The van der Waals surface area contributed by atoms with Gasteiger partial charge < -0.3 is 23.8 Å². The zero-order valence-electron chi connectivity index (χ0n) is 22.4. The average molecular weight is 517 g/mol. The molecule has 0 spiro atoms. The first kappa shape index (κ1) is 30.1. The van der Waals surface area contributed by atoms with Gasteiger partial charge in [0.25, 0.3) is 0 Å². The van der Waals surface area contributed by atoms with Gasteiger partial charge in [-0.3, -0.25) is 14.4 Å². The zero-order chi connectivity index (χ0) is 27.6. The summed E-state index contributed by atoms with van der Waals surface area (Å²) in [5.41, 5.74) is -2.16. The van der Waals surface area contributed by atoms with Crippen LogP contribution in [0.15, 0.2) is 43.5 Å². The smallest absolute Gasteiger partial charge is 0.230 e. The van der Waals surface area contributed by atoms with Gasteiger partial charge >= 0.3 is 0 Å². The van der Waals surface area contributed by atoms with Crippen LogP contribution in [0.4, 0.5) is 0 Å². The van der Waals surface area contributed by atoms with E-state index in [1.54, 1.807) is 0 Å².